The van der Waals surface area contributed by atoms with Crippen molar-refractivity contribution in [1.29, 1.82) is 0 Å². The normalized spacial score (nSPS) is 19.8. The van der Waals surface area contributed by atoms with Gasteiger partial charge in [0.1, 0.15) is 12.3 Å². The molecule has 1 aliphatic heterocycles. The Morgan fingerprint density at radius 3 is 2.50 bits per heavy atom. The van der Waals surface area contributed by atoms with Gasteiger partial charge in [-0.3, -0.25) is 4.79 Å². The third kappa shape index (κ3) is 6.18. The highest BCUT2D eigenvalue weighted by atomic mass is 79.9. The molecule has 0 saturated heterocycles. The maximum absolute atomic E-state index is 13.1. The van der Waals surface area contributed by atoms with Gasteiger partial charge in [0.25, 0.3) is 5.91 Å². The van der Waals surface area contributed by atoms with Gasteiger partial charge < -0.3 is 19.9 Å². The van der Waals surface area contributed by atoms with Crippen LogP contribution < -0.4 is 10.1 Å². The second-order valence-corrected chi connectivity index (χ2v) is 8.55. The number of ether oxygens (including phenoxy) is 2. The van der Waals surface area contributed by atoms with Crippen LogP contribution in [0.3, 0.4) is 0 Å². The molecule has 6 nitrogen and oxygen atoms in total. The number of halogens is 4. The van der Waals surface area contributed by atoms with Gasteiger partial charge in [0.05, 0.1) is 6.61 Å². The molecule has 1 amide bonds. The van der Waals surface area contributed by atoms with Crippen molar-refractivity contribution in [2.45, 2.75) is 30.7 Å². The molecule has 2 aromatic rings. The summed E-state index contributed by atoms with van der Waals surface area (Å²) in [6.07, 6.45) is -3.65. The summed E-state index contributed by atoms with van der Waals surface area (Å²) in [4.78, 5) is 17.7. The Balaban J connectivity index is 1.97. The monoisotopic (exact) mass is 540 g/mol. The summed E-state index contributed by atoms with van der Waals surface area (Å²) in [5.74, 6) is -0.212. The number of amides is 1. The van der Waals surface area contributed by atoms with E-state index in [1.807, 2.05) is 5.32 Å². The molecule has 0 spiro atoms. The molecule has 0 aliphatic carbocycles. The van der Waals surface area contributed by atoms with Gasteiger partial charge in [-0.2, -0.15) is 13.2 Å². The summed E-state index contributed by atoms with van der Waals surface area (Å²) in [6.45, 7) is 2.56. The predicted octanol–water partition coefficient (Wildman–Crippen LogP) is 4.72. The number of benzene rings is 2. The van der Waals surface area contributed by atoms with Crippen molar-refractivity contribution in [2.24, 2.45) is 4.99 Å². The van der Waals surface area contributed by atoms with Gasteiger partial charge in [0, 0.05) is 29.5 Å². The van der Waals surface area contributed by atoms with E-state index in [0.29, 0.717) is 29.9 Å². The first-order chi connectivity index (χ1) is 16.2. The lowest BCUT2D eigenvalue weighted by Gasteiger charge is -2.29. The Kier molecular flexibility index (Phi) is 8.37. The molecule has 1 aliphatic rings. The van der Waals surface area contributed by atoms with Crippen molar-refractivity contribution in [2.75, 3.05) is 19.8 Å². The minimum absolute atomic E-state index is 0.0158. The lowest BCUT2D eigenvalue weighted by Crippen LogP contribution is -2.50. The smallest absolute Gasteiger partial charge is 0.405 e. The van der Waals surface area contributed by atoms with Crippen molar-refractivity contribution in [3.8, 4) is 5.75 Å². The zero-order chi connectivity index (χ0) is 24.8. The maximum atomic E-state index is 13.1. The highest BCUT2D eigenvalue weighted by Crippen LogP contribution is 2.43. The number of carbonyl (C=O) groups is 1. The number of aliphatic hydroxyl groups is 1. The van der Waals surface area contributed by atoms with Crippen LogP contribution in [0.5, 0.6) is 5.75 Å². The predicted molar refractivity (Wildman–Crippen MR) is 125 cm³/mol. The zero-order valence-corrected chi connectivity index (χ0v) is 19.7. The summed E-state index contributed by atoms with van der Waals surface area (Å²) >= 11 is 3.35. The molecule has 0 saturated carbocycles. The number of nitrogens with one attached hydrogen (secondary N) is 1. The van der Waals surface area contributed by atoms with E-state index in [4.69, 9.17) is 14.6 Å². The fourth-order valence-electron chi connectivity index (χ4n) is 3.51. The number of alkyl halides is 3. The Bertz CT molecular complexity index is 1030. The average Bonchev–Trinajstić information content (AvgIpc) is 3.19. The summed E-state index contributed by atoms with van der Waals surface area (Å²) in [5, 5.41) is 10.8. The average molecular weight is 541 g/mol. The van der Waals surface area contributed by atoms with Crippen LogP contribution in [0.2, 0.25) is 0 Å². The summed E-state index contributed by atoms with van der Waals surface area (Å²) in [6, 6.07) is 13.7. The topological polar surface area (TPSA) is 80.2 Å². The van der Waals surface area contributed by atoms with E-state index in [9.17, 15) is 18.0 Å². The molecule has 2 atom stereocenters. The summed E-state index contributed by atoms with van der Waals surface area (Å²) in [7, 11) is 0. The van der Waals surface area contributed by atoms with E-state index in [-0.39, 0.29) is 18.9 Å². The Morgan fingerprint density at radius 1 is 1.24 bits per heavy atom. The fraction of sp³-hybridized carbons (Fsp3) is 0.333. The van der Waals surface area contributed by atoms with Crippen LogP contribution in [0.15, 0.2) is 70.7 Å². The highest BCUT2D eigenvalue weighted by Gasteiger charge is 2.53. The van der Waals surface area contributed by atoms with Crippen molar-refractivity contribution >= 4 is 27.7 Å². The van der Waals surface area contributed by atoms with Crippen molar-refractivity contribution in [3.63, 3.8) is 0 Å². The third-order valence-corrected chi connectivity index (χ3v) is 5.64. The lowest BCUT2D eigenvalue weighted by molar-refractivity contribution is -0.143. The Labute approximate surface area is 203 Å². The second-order valence-electron chi connectivity index (χ2n) is 7.63. The number of hydrogen-bond acceptors (Lipinski definition) is 5. The van der Waals surface area contributed by atoms with Gasteiger partial charge in [-0.15, -0.1) is 6.58 Å². The van der Waals surface area contributed by atoms with Crippen LogP contribution in [0.1, 0.15) is 30.1 Å². The first-order valence-electron chi connectivity index (χ1n) is 10.5. The van der Waals surface area contributed by atoms with Crippen molar-refractivity contribution < 1.29 is 32.5 Å². The zero-order valence-electron chi connectivity index (χ0n) is 18.1. The third-order valence-electron chi connectivity index (χ3n) is 5.11. The van der Waals surface area contributed by atoms with Gasteiger partial charge in [0.2, 0.25) is 5.90 Å². The molecule has 0 fully saturated rings. The van der Waals surface area contributed by atoms with Gasteiger partial charge in [-0.1, -0.05) is 34.1 Å². The van der Waals surface area contributed by atoms with Crippen LogP contribution in [-0.2, 0) is 9.53 Å². The standard InChI is InChI=1S/C24H24BrF3N2O4/c1-2-12-23(22(32)29-15-24(26,27)28)20(16-4-8-18(25)9-5-16)34-21(30-23)17-6-10-19(11-7-17)33-14-3-13-31/h2,4-11,20,31H,1,3,12-15H2,(H,29,32)/t20-,23-/m1/s1. The van der Waals surface area contributed by atoms with Gasteiger partial charge >= 0.3 is 6.18 Å². The number of carbonyl (C=O) groups excluding carboxylic acids is 1. The van der Waals surface area contributed by atoms with Gasteiger partial charge in [0.15, 0.2) is 11.6 Å². The highest BCUT2D eigenvalue weighted by molar-refractivity contribution is 9.10. The van der Waals surface area contributed by atoms with Crippen LogP contribution in [0, 0.1) is 0 Å². The molecule has 0 aromatic heterocycles. The molecule has 10 heteroatoms. The maximum Gasteiger partial charge on any atom is 0.405 e. The van der Waals surface area contributed by atoms with Crippen molar-refractivity contribution in [3.05, 3.63) is 76.8 Å². The largest absolute Gasteiger partial charge is 0.494 e. The van der Waals surface area contributed by atoms with E-state index < -0.39 is 30.3 Å². The van der Waals surface area contributed by atoms with Crippen LogP contribution in [-0.4, -0.2) is 48.4 Å². The second kappa shape index (κ2) is 11.1. The molecule has 3 rings (SSSR count). The SMILES string of the molecule is C=CC[C@@]1(C(=O)NCC(F)(F)F)N=C(c2ccc(OCCCO)cc2)O[C@@H]1c1ccc(Br)cc1. The van der Waals surface area contributed by atoms with E-state index >= 15 is 0 Å². The Morgan fingerprint density at radius 2 is 1.91 bits per heavy atom. The van der Waals surface area contributed by atoms with Crippen LogP contribution >= 0.6 is 15.9 Å². The molecule has 1 heterocycles. The molecule has 0 radical (unpaired) electrons. The minimum atomic E-state index is -4.57. The number of aliphatic hydroxyl groups excluding tert-OH is 1. The first kappa shape index (κ1) is 25.8. The molecule has 2 N–H and O–H groups in total. The van der Waals surface area contributed by atoms with Crippen LogP contribution in [0.4, 0.5) is 13.2 Å². The molecule has 34 heavy (non-hydrogen) atoms. The summed E-state index contributed by atoms with van der Waals surface area (Å²) in [5.41, 5.74) is -0.562. The van der Waals surface area contributed by atoms with Crippen LogP contribution in [0.25, 0.3) is 0 Å². The quantitative estimate of drug-likeness (QED) is 0.337. The van der Waals surface area contributed by atoms with E-state index in [1.165, 1.54) is 6.08 Å². The molecule has 2 aromatic carbocycles. The van der Waals surface area contributed by atoms with Gasteiger partial charge in [-0.05, 0) is 42.0 Å². The van der Waals surface area contributed by atoms with Gasteiger partial charge in [-0.25, -0.2) is 4.99 Å². The first-order valence-corrected chi connectivity index (χ1v) is 11.3. The minimum Gasteiger partial charge on any atom is -0.494 e. The molecular weight excluding hydrogens is 517 g/mol. The fourth-order valence-corrected chi connectivity index (χ4v) is 3.77. The molecule has 182 valence electrons. The number of nitrogens with zero attached hydrogens (tertiary/aromatic N) is 1. The molecule has 0 bridgehead atoms. The Hall–Kier alpha value is -2.85. The van der Waals surface area contributed by atoms with E-state index in [2.05, 4.69) is 27.5 Å². The molecular formula is C24H24BrF3N2O4. The number of hydrogen-bond donors (Lipinski definition) is 2. The van der Waals surface area contributed by atoms with Crippen molar-refractivity contribution in [1.82, 2.24) is 5.32 Å². The summed E-state index contributed by atoms with van der Waals surface area (Å²) < 4.78 is 50.9. The molecule has 0 unspecified atom stereocenters. The number of aliphatic imine (C=N–C) groups is 1. The lowest BCUT2D eigenvalue weighted by atomic mass is 9.84. The number of rotatable bonds is 10. The van der Waals surface area contributed by atoms with E-state index in [1.54, 1.807) is 48.5 Å². The van der Waals surface area contributed by atoms with E-state index in [0.717, 1.165) is 4.47 Å².